The Bertz CT molecular complexity index is 1240. The van der Waals surface area contributed by atoms with Gasteiger partial charge < -0.3 is 25.3 Å². The van der Waals surface area contributed by atoms with Crippen LogP contribution < -0.4 is 16.3 Å². The highest BCUT2D eigenvalue weighted by Crippen LogP contribution is 2.18. The van der Waals surface area contributed by atoms with Gasteiger partial charge in [-0.25, -0.2) is 4.79 Å². The second-order valence-corrected chi connectivity index (χ2v) is 7.34. The topological polar surface area (TPSA) is 200 Å². The Labute approximate surface area is 168 Å². The molecule has 1 heterocycles. The molecule has 13 heteroatoms. The van der Waals surface area contributed by atoms with Crippen LogP contribution in [0.25, 0.3) is 11.0 Å². The fourth-order valence-electron chi connectivity index (χ4n) is 2.15. The molecule has 0 aliphatic carbocycles. The fraction of sp³-hybridized carbons (Fsp3) is 0.176. The monoisotopic (exact) mass is 438 g/mol. The van der Waals surface area contributed by atoms with E-state index in [9.17, 15) is 32.7 Å². The van der Waals surface area contributed by atoms with Gasteiger partial charge in [-0.3, -0.25) is 18.9 Å². The average Bonchev–Trinajstić information content (AvgIpc) is 2.63. The van der Waals surface area contributed by atoms with Crippen molar-refractivity contribution in [2.45, 2.75) is 5.25 Å². The molecule has 12 nitrogen and oxygen atoms in total. The Morgan fingerprint density at radius 2 is 1.87 bits per heavy atom. The highest BCUT2D eigenvalue weighted by molar-refractivity contribution is 7.87. The molecule has 0 spiro atoms. The molecule has 2 aromatic rings. The molecule has 0 aliphatic rings. The van der Waals surface area contributed by atoms with Crippen molar-refractivity contribution < 1.29 is 42.0 Å². The van der Waals surface area contributed by atoms with E-state index in [1.807, 2.05) is 11.2 Å². The van der Waals surface area contributed by atoms with E-state index in [-0.39, 0.29) is 16.9 Å². The van der Waals surface area contributed by atoms with Crippen LogP contribution >= 0.6 is 0 Å². The molecule has 1 aromatic carbocycles. The highest BCUT2D eigenvalue weighted by Gasteiger charge is 2.31. The van der Waals surface area contributed by atoms with Crippen LogP contribution in [0.2, 0.25) is 0 Å². The third kappa shape index (κ3) is 6.06. The second kappa shape index (κ2) is 9.07. The lowest BCUT2D eigenvalue weighted by atomic mass is 10.2. The summed E-state index contributed by atoms with van der Waals surface area (Å²) in [5, 5.41) is 19.8. The first-order chi connectivity index (χ1) is 14.0. The molecule has 5 N–H and O–H groups in total. The summed E-state index contributed by atoms with van der Waals surface area (Å²) in [6.07, 6.45) is 0. The summed E-state index contributed by atoms with van der Waals surface area (Å²) >= 11 is 0. The Hall–Kier alpha value is -3.89. The number of hydrogen-bond acceptors (Lipinski definition) is 8. The second-order valence-electron chi connectivity index (χ2n) is 5.74. The van der Waals surface area contributed by atoms with E-state index < -0.39 is 51.9 Å². The number of carbonyl (C=O) groups is 3. The maximum atomic E-state index is 11.9. The lowest BCUT2D eigenvalue weighted by Crippen LogP contribution is -2.47. The van der Waals surface area contributed by atoms with Gasteiger partial charge in [0.25, 0.3) is 16.0 Å². The third-order valence-electron chi connectivity index (χ3n) is 3.54. The van der Waals surface area contributed by atoms with Gasteiger partial charge in [0, 0.05) is 23.9 Å². The molecule has 2 rings (SSSR count). The Kier molecular flexibility index (Phi) is 6.77. The van der Waals surface area contributed by atoms with Crippen molar-refractivity contribution in [2.75, 3.05) is 13.1 Å². The number of phenolic OH excluding ortho intramolecular Hbond substituents is 1. The highest BCUT2D eigenvalue weighted by atomic mass is 32.2. The van der Waals surface area contributed by atoms with Crippen LogP contribution in [0.3, 0.4) is 0 Å². The molecule has 1 unspecified atom stereocenters. The molecule has 0 saturated carbocycles. The Morgan fingerprint density at radius 1 is 1.17 bits per heavy atom. The van der Waals surface area contributed by atoms with E-state index >= 15 is 0 Å². The summed E-state index contributed by atoms with van der Waals surface area (Å²) in [5.41, 5.74) is -0.996. The number of aliphatic carboxylic acids is 1. The minimum atomic E-state index is -4.96. The van der Waals surface area contributed by atoms with Gasteiger partial charge in [-0.1, -0.05) is 0 Å². The van der Waals surface area contributed by atoms with Gasteiger partial charge in [0.2, 0.25) is 5.91 Å². The predicted molar refractivity (Wildman–Crippen MR) is 100 cm³/mol. The van der Waals surface area contributed by atoms with Gasteiger partial charge in [-0.15, -0.1) is 0 Å². The number of carboxylic acids is 1. The normalized spacial score (nSPS) is 11.8. The molecule has 0 fully saturated rings. The number of rotatable bonds is 6. The van der Waals surface area contributed by atoms with E-state index in [0.29, 0.717) is 5.39 Å². The molecule has 0 aliphatic heterocycles. The molecule has 0 bridgehead atoms. The smallest absolute Gasteiger partial charge is 0.352 e. The molecule has 1 aromatic heterocycles. The number of benzene rings is 1. The number of aromatic hydroxyl groups is 1. The molecule has 158 valence electrons. The largest absolute Gasteiger partial charge is 0.508 e. The quantitative estimate of drug-likeness (QED) is 0.199. The maximum absolute atomic E-state index is 11.9. The Morgan fingerprint density at radius 3 is 2.50 bits per heavy atom. The lowest BCUT2D eigenvalue weighted by molar-refractivity contribution is -0.138. The van der Waals surface area contributed by atoms with Crippen molar-refractivity contribution in [1.29, 1.82) is 0 Å². The Balaban J connectivity index is 2.12. The van der Waals surface area contributed by atoms with Crippen LogP contribution in [0, 0.1) is 11.8 Å². The third-order valence-corrected chi connectivity index (χ3v) is 4.64. The van der Waals surface area contributed by atoms with Gasteiger partial charge >= 0.3 is 11.6 Å². The number of carbonyl (C=O) groups excluding carboxylic acids is 2. The molecule has 0 saturated heterocycles. The van der Waals surface area contributed by atoms with E-state index in [4.69, 9.17) is 14.1 Å². The summed E-state index contributed by atoms with van der Waals surface area (Å²) < 4.78 is 36.6. The number of amides is 2. The number of carboxylic acid groups (broad SMARTS) is 1. The first-order valence-electron chi connectivity index (χ1n) is 8.00. The maximum Gasteiger partial charge on any atom is 0.352 e. The number of nitrogens with one attached hydrogen (secondary N) is 2. The van der Waals surface area contributed by atoms with Gasteiger partial charge in [0.05, 0.1) is 0 Å². The van der Waals surface area contributed by atoms with Crippen molar-refractivity contribution in [3.05, 3.63) is 40.2 Å². The SMILES string of the molecule is O=C(O)CNC(=O)C(CNC(=O)C#Cc1cc2ccc(O)cc2oc1=O)S(=O)(=O)O. The van der Waals surface area contributed by atoms with Gasteiger partial charge in [-0.05, 0) is 24.1 Å². The van der Waals surface area contributed by atoms with E-state index in [0.717, 1.165) is 0 Å². The molecule has 2 amide bonds. The zero-order chi connectivity index (χ0) is 22.5. The van der Waals surface area contributed by atoms with E-state index in [2.05, 4.69) is 5.92 Å². The van der Waals surface area contributed by atoms with Crippen LogP contribution in [-0.4, -0.2) is 59.3 Å². The van der Waals surface area contributed by atoms with Crippen LogP contribution in [-0.2, 0) is 24.5 Å². The van der Waals surface area contributed by atoms with Gasteiger partial charge in [0.1, 0.15) is 23.4 Å². The number of hydrogen-bond donors (Lipinski definition) is 5. The van der Waals surface area contributed by atoms with Gasteiger partial charge in [-0.2, -0.15) is 8.42 Å². The van der Waals surface area contributed by atoms with Gasteiger partial charge in [0.15, 0.2) is 5.25 Å². The standard InChI is InChI=1S/C17H14N2O10S/c20-11-3-1-9-5-10(17(25)29-12(9)6-11)2-4-14(21)18-7-13(30(26,27)28)16(24)19-8-15(22)23/h1,3,5-6,13,20H,7-8H2,(H,18,21)(H,19,24)(H,22,23)(H,26,27,28). The van der Waals surface area contributed by atoms with Crippen LogP contribution in [0.15, 0.2) is 33.5 Å². The number of fused-ring (bicyclic) bond motifs is 1. The molecular formula is C17H14N2O10S. The lowest BCUT2D eigenvalue weighted by Gasteiger charge is -2.13. The summed E-state index contributed by atoms with van der Waals surface area (Å²) in [6.45, 7) is -1.79. The summed E-state index contributed by atoms with van der Waals surface area (Å²) in [7, 11) is -4.96. The van der Waals surface area contributed by atoms with Crippen molar-refractivity contribution in [3.8, 4) is 17.6 Å². The zero-order valence-electron chi connectivity index (χ0n) is 14.9. The van der Waals surface area contributed by atoms with Crippen molar-refractivity contribution in [3.63, 3.8) is 0 Å². The zero-order valence-corrected chi connectivity index (χ0v) is 15.7. The minimum absolute atomic E-state index is 0.0957. The predicted octanol–water partition coefficient (Wildman–Crippen LogP) is -1.58. The van der Waals surface area contributed by atoms with E-state index in [1.165, 1.54) is 24.3 Å². The van der Waals surface area contributed by atoms with Crippen molar-refractivity contribution >= 4 is 38.9 Å². The van der Waals surface area contributed by atoms with Crippen molar-refractivity contribution in [1.82, 2.24) is 10.6 Å². The molecular weight excluding hydrogens is 424 g/mol. The van der Waals surface area contributed by atoms with Crippen molar-refractivity contribution in [2.24, 2.45) is 0 Å². The molecule has 1 atom stereocenters. The summed E-state index contributed by atoms with van der Waals surface area (Å²) in [5.74, 6) is 0.238. The summed E-state index contributed by atoms with van der Waals surface area (Å²) in [6, 6.07) is 5.31. The first kappa shape index (κ1) is 22.4. The fourth-order valence-corrected chi connectivity index (χ4v) is 2.80. The number of phenols is 1. The molecule has 30 heavy (non-hydrogen) atoms. The minimum Gasteiger partial charge on any atom is -0.508 e. The van der Waals surface area contributed by atoms with Crippen LogP contribution in [0.1, 0.15) is 5.56 Å². The molecule has 0 radical (unpaired) electrons. The van der Waals surface area contributed by atoms with Crippen LogP contribution in [0.4, 0.5) is 0 Å². The average molecular weight is 438 g/mol. The first-order valence-corrected chi connectivity index (χ1v) is 9.50. The van der Waals surface area contributed by atoms with Crippen LogP contribution in [0.5, 0.6) is 5.75 Å². The summed E-state index contributed by atoms with van der Waals surface area (Å²) in [4.78, 5) is 45.8. The van der Waals surface area contributed by atoms with E-state index in [1.54, 1.807) is 5.32 Å².